The van der Waals surface area contributed by atoms with Crippen molar-refractivity contribution in [1.29, 1.82) is 0 Å². The van der Waals surface area contributed by atoms with Crippen LogP contribution in [0.3, 0.4) is 0 Å². The number of carbonyl (C=O) groups is 2. The minimum atomic E-state index is -3.70. The summed E-state index contributed by atoms with van der Waals surface area (Å²) >= 11 is 1.34. The van der Waals surface area contributed by atoms with Crippen molar-refractivity contribution in [3.63, 3.8) is 0 Å². The average molecular weight is 480 g/mol. The Morgan fingerprint density at radius 2 is 1.97 bits per heavy atom. The molecule has 2 aromatic rings. The van der Waals surface area contributed by atoms with Gasteiger partial charge in [0.05, 0.1) is 22.1 Å². The second-order valence-electron chi connectivity index (χ2n) is 7.30. The van der Waals surface area contributed by atoms with E-state index in [0.717, 1.165) is 6.42 Å². The molecule has 2 amide bonds. The molecule has 0 radical (unpaired) electrons. The maximum Gasteiger partial charge on any atom is 0.264 e. The van der Waals surface area contributed by atoms with Gasteiger partial charge < -0.3 is 15.0 Å². The van der Waals surface area contributed by atoms with Crippen molar-refractivity contribution >= 4 is 38.9 Å². The Morgan fingerprint density at radius 3 is 2.59 bits per heavy atom. The molecule has 32 heavy (non-hydrogen) atoms. The van der Waals surface area contributed by atoms with Gasteiger partial charge in [0, 0.05) is 19.6 Å². The van der Waals surface area contributed by atoms with E-state index < -0.39 is 16.1 Å². The van der Waals surface area contributed by atoms with Gasteiger partial charge in [-0.25, -0.2) is 8.42 Å². The van der Waals surface area contributed by atoms with Crippen LogP contribution in [0.25, 0.3) is 0 Å². The van der Waals surface area contributed by atoms with Gasteiger partial charge in [-0.1, -0.05) is 19.9 Å². The third-order valence-electron chi connectivity index (χ3n) is 5.40. The zero-order chi connectivity index (χ0) is 23.3. The van der Waals surface area contributed by atoms with E-state index in [9.17, 15) is 18.0 Å². The fourth-order valence-corrected chi connectivity index (χ4v) is 5.97. The predicted molar refractivity (Wildman–Crippen MR) is 125 cm³/mol. The van der Waals surface area contributed by atoms with Crippen molar-refractivity contribution in [3.05, 3.63) is 40.6 Å². The number of benzene rings is 1. The molecule has 1 aliphatic heterocycles. The lowest BCUT2D eigenvalue weighted by Crippen LogP contribution is -2.43. The second kappa shape index (κ2) is 10.5. The van der Waals surface area contributed by atoms with Crippen LogP contribution in [0.15, 0.2) is 40.6 Å². The number of anilines is 1. The zero-order valence-electron chi connectivity index (χ0n) is 18.5. The first-order valence-electron chi connectivity index (χ1n) is 10.8. The molecule has 1 atom stereocenters. The molecule has 0 bridgehead atoms. The average Bonchev–Trinajstić information content (AvgIpc) is 3.47. The van der Waals surface area contributed by atoms with Crippen LogP contribution in [-0.4, -0.2) is 61.7 Å². The molecule has 1 N–H and O–H groups in total. The smallest absolute Gasteiger partial charge is 0.264 e. The molecule has 1 fully saturated rings. The van der Waals surface area contributed by atoms with E-state index in [2.05, 4.69) is 5.32 Å². The van der Waals surface area contributed by atoms with E-state index in [1.807, 2.05) is 12.3 Å². The highest BCUT2D eigenvalue weighted by molar-refractivity contribution is 7.89. The largest absolute Gasteiger partial charge is 0.492 e. The maximum atomic E-state index is 13.1. The van der Waals surface area contributed by atoms with E-state index in [1.165, 1.54) is 27.8 Å². The number of nitrogens with zero attached hydrogens (tertiary/aromatic N) is 2. The highest BCUT2D eigenvalue weighted by Crippen LogP contribution is 2.31. The fourth-order valence-electron chi connectivity index (χ4n) is 3.80. The lowest BCUT2D eigenvalue weighted by Gasteiger charge is -2.24. The van der Waals surface area contributed by atoms with E-state index in [-0.39, 0.29) is 22.4 Å². The summed E-state index contributed by atoms with van der Waals surface area (Å²) in [6, 6.07) is 7.39. The molecule has 10 heteroatoms. The number of ether oxygens (including phenoxy) is 1. The van der Waals surface area contributed by atoms with Crippen LogP contribution < -0.4 is 10.1 Å². The zero-order valence-corrected chi connectivity index (χ0v) is 20.2. The van der Waals surface area contributed by atoms with E-state index >= 15 is 0 Å². The number of hydrogen-bond acceptors (Lipinski definition) is 6. The number of nitrogens with one attached hydrogen (secondary N) is 1. The van der Waals surface area contributed by atoms with E-state index in [0.29, 0.717) is 43.3 Å². The molecule has 2 heterocycles. The minimum absolute atomic E-state index is 0.0814. The number of rotatable bonds is 9. The molecule has 1 aromatic carbocycles. The number of carbonyl (C=O) groups excluding carboxylic acids is 2. The van der Waals surface area contributed by atoms with Gasteiger partial charge in [0.2, 0.25) is 15.9 Å². The highest BCUT2D eigenvalue weighted by Gasteiger charge is 2.35. The summed E-state index contributed by atoms with van der Waals surface area (Å²) in [5, 5.41) is 4.65. The summed E-state index contributed by atoms with van der Waals surface area (Å²) in [7, 11) is -3.70. The van der Waals surface area contributed by atoms with Crippen molar-refractivity contribution in [1.82, 2.24) is 9.21 Å². The van der Waals surface area contributed by atoms with Gasteiger partial charge in [0.15, 0.2) is 0 Å². The van der Waals surface area contributed by atoms with Crippen LogP contribution >= 0.6 is 11.3 Å². The monoisotopic (exact) mass is 479 g/mol. The Kier molecular flexibility index (Phi) is 7.91. The van der Waals surface area contributed by atoms with Crippen LogP contribution in [0.4, 0.5) is 5.69 Å². The molecule has 1 aliphatic rings. The Labute approximate surface area is 193 Å². The minimum Gasteiger partial charge on any atom is -0.492 e. The Hall–Kier alpha value is -2.43. The molecule has 1 saturated heterocycles. The molecule has 0 unspecified atom stereocenters. The number of likely N-dealkylation sites (tertiary alicyclic amines) is 1. The standard InChI is InChI=1S/C22H29N3O5S2/c1-4-24(5-2)32(28,29)16-11-12-19(30-6-3)17(15-16)23-21(26)18-9-7-13-25(18)22(27)20-10-8-14-31-20/h8,10-12,14-15,18H,4-7,9,13H2,1-3H3,(H,23,26)/t18-/m0/s1. The first-order valence-corrected chi connectivity index (χ1v) is 13.1. The lowest BCUT2D eigenvalue weighted by molar-refractivity contribution is -0.119. The predicted octanol–water partition coefficient (Wildman–Crippen LogP) is 3.42. The molecule has 174 valence electrons. The third-order valence-corrected chi connectivity index (χ3v) is 8.30. The van der Waals surface area contributed by atoms with Gasteiger partial charge in [-0.3, -0.25) is 9.59 Å². The summed E-state index contributed by atoms with van der Waals surface area (Å²) in [5.74, 6) is -0.139. The van der Waals surface area contributed by atoms with Crippen LogP contribution in [0.5, 0.6) is 5.75 Å². The molecule has 0 spiro atoms. The van der Waals surface area contributed by atoms with Gasteiger partial charge >= 0.3 is 0 Å². The Bertz CT molecular complexity index is 1050. The van der Waals surface area contributed by atoms with Gasteiger partial charge in [0.25, 0.3) is 5.91 Å². The number of thiophene rings is 1. The van der Waals surface area contributed by atoms with Gasteiger partial charge in [0.1, 0.15) is 11.8 Å². The van der Waals surface area contributed by atoms with Crippen molar-refractivity contribution in [2.45, 2.75) is 44.6 Å². The molecule has 0 aliphatic carbocycles. The SMILES string of the molecule is CCOc1ccc(S(=O)(=O)N(CC)CC)cc1NC(=O)[C@@H]1CCCN1C(=O)c1cccs1. The quantitative estimate of drug-likeness (QED) is 0.595. The first kappa shape index (κ1) is 24.2. The summed E-state index contributed by atoms with van der Waals surface area (Å²) in [6.45, 7) is 6.91. The second-order valence-corrected chi connectivity index (χ2v) is 10.2. The molecule has 3 rings (SSSR count). The molecule has 0 saturated carbocycles. The lowest BCUT2D eigenvalue weighted by atomic mass is 10.2. The van der Waals surface area contributed by atoms with E-state index in [4.69, 9.17) is 4.74 Å². The van der Waals surface area contributed by atoms with Crippen molar-refractivity contribution in [3.8, 4) is 5.75 Å². The molecular weight excluding hydrogens is 450 g/mol. The topological polar surface area (TPSA) is 96.0 Å². The fraction of sp³-hybridized carbons (Fsp3) is 0.455. The third kappa shape index (κ3) is 4.97. The van der Waals surface area contributed by atoms with E-state index in [1.54, 1.807) is 36.9 Å². The van der Waals surface area contributed by atoms with Crippen molar-refractivity contribution in [2.24, 2.45) is 0 Å². The van der Waals surface area contributed by atoms with Gasteiger partial charge in [-0.05, 0) is 49.4 Å². The number of sulfonamides is 1. The highest BCUT2D eigenvalue weighted by atomic mass is 32.2. The normalized spacial score (nSPS) is 16.4. The van der Waals surface area contributed by atoms with Crippen LogP contribution in [0.2, 0.25) is 0 Å². The maximum absolute atomic E-state index is 13.1. The summed E-state index contributed by atoms with van der Waals surface area (Å²) in [5.41, 5.74) is 0.278. The Morgan fingerprint density at radius 1 is 1.22 bits per heavy atom. The number of amides is 2. The van der Waals surface area contributed by atoms with Crippen LogP contribution in [0, 0.1) is 0 Å². The summed E-state index contributed by atoms with van der Waals surface area (Å²) in [4.78, 5) is 28.2. The summed E-state index contributed by atoms with van der Waals surface area (Å²) < 4.78 is 32.9. The molecule has 8 nitrogen and oxygen atoms in total. The van der Waals surface area contributed by atoms with Crippen molar-refractivity contribution < 1.29 is 22.7 Å². The van der Waals surface area contributed by atoms with Crippen molar-refractivity contribution in [2.75, 3.05) is 31.6 Å². The molecular formula is C22H29N3O5S2. The van der Waals surface area contributed by atoms with Crippen LogP contribution in [0.1, 0.15) is 43.3 Å². The van der Waals surface area contributed by atoms with Crippen LogP contribution in [-0.2, 0) is 14.8 Å². The van der Waals surface area contributed by atoms with Gasteiger partial charge in [-0.2, -0.15) is 4.31 Å². The number of hydrogen-bond donors (Lipinski definition) is 1. The van der Waals surface area contributed by atoms with Gasteiger partial charge in [-0.15, -0.1) is 11.3 Å². The first-order chi connectivity index (χ1) is 15.3. The summed E-state index contributed by atoms with van der Waals surface area (Å²) in [6.07, 6.45) is 1.27. The Balaban J connectivity index is 1.87. The molecule has 1 aromatic heterocycles.